The first-order valence-electron chi connectivity index (χ1n) is 8.34. The average molecular weight is 412 g/mol. The number of aromatic nitrogens is 2. The van der Waals surface area contributed by atoms with Gasteiger partial charge in [0.2, 0.25) is 5.91 Å². The largest absolute Gasteiger partial charge is 0.310 e. The number of carbonyl (C=O) groups is 1. The highest BCUT2D eigenvalue weighted by Gasteiger charge is 2.34. The molecule has 0 radical (unpaired) electrons. The molecular formula is C17H18ClN3O3S2. The van der Waals surface area contributed by atoms with Crippen molar-refractivity contribution in [1.29, 1.82) is 0 Å². The van der Waals surface area contributed by atoms with Crippen LogP contribution in [0.5, 0.6) is 0 Å². The third-order valence-electron chi connectivity index (χ3n) is 4.67. The van der Waals surface area contributed by atoms with Crippen LogP contribution >= 0.6 is 23.4 Å². The van der Waals surface area contributed by atoms with Crippen LogP contribution in [-0.4, -0.2) is 35.6 Å². The lowest BCUT2D eigenvalue weighted by molar-refractivity contribution is -0.115. The number of amides is 1. The molecule has 0 spiro atoms. The van der Waals surface area contributed by atoms with Crippen LogP contribution in [0.4, 0.5) is 5.82 Å². The molecule has 1 aromatic carbocycles. The number of halogens is 1. The summed E-state index contributed by atoms with van der Waals surface area (Å²) in [6.45, 7) is 0. The quantitative estimate of drug-likeness (QED) is 0.836. The van der Waals surface area contributed by atoms with E-state index in [9.17, 15) is 13.2 Å². The second-order valence-electron chi connectivity index (χ2n) is 6.62. The predicted octanol–water partition coefficient (Wildman–Crippen LogP) is 2.82. The summed E-state index contributed by atoms with van der Waals surface area (Å²) < 4.78 is 25.4. The zero-order valence-electron chi connectivity index (χ0n) is 13.9. The standard InChI is InChI=1S/C17H18ClN3O3S2/c18-12-3-1-11(2-4-12)7-16(22)19-17-14-8-25-9-15(14)20-21(17)13-5-6-26(23,24)10-13/h1-4,13H,5-10H2,(H,19,22). The molecule has 0 saturated carbocycles. The van der Waals surface area contributed by atoms with Gasteiger partial charge in [0.25, 0.3) is 0 Å². The molecule has 4 rings (SSSR count). The maximum atomic E-state index is 12.5. The zero-order chi connectivity index (χ0) is 18.3. The molecule has 1 saturated heterocycles. The molecule has 138 valence electrons. The summed E-state index contributed by atoms with van der Waals surface area (Å²) >= 11 is 7.63. The summed E-state index contributed by atoms with van der Waals surface area (Å²) in [4.78, 5) is 12.5. The number of sulfone groups is 1. The number of nitrogens with one attached hydrogen (secondary N) is 1. The van der Waals surface area contributed by atoms with E-state index in [4.69, 9.17) is 11.6 Å². The summed E-state index contributed by atoms with van der Waals surface area (Å²) in [6, 6.07) is 6.95. The molecule has 1 atom stereocenters. The number of hydrogen-bond acceptors (Lipinski definition) is 5. The van der Waals surface area contributed by atoms with Gasteiger partial charge in [-0.1, -0.05) is 23.7 Å². The number of anilines is 1. The fraction of sp³-hybridized carbons (Fsp3) is 0.412. The van der Waals surface area contributed by atoms with Crippen LogP contribution in [0.25, 0.3) is 0 Å². The molecule has 3 heterocycles. The number of fused-ring (bicyclic) bond motifs is 1. The van der Waals surface area contributed by atoms with Crippen LogP contribution in [0.2, 0.25) is 5.02 Å². The van der Waals surface area contributed by atoms with Crippen LogP contribution in [0, 0.1) is 0 Å². The van der Waals surface area contributed by atoms with E-state index in [1.807, 2.05) is 12.1 Å². The van der Waals surface area contributed by atoms with Crippen molar-refractivity contribution in [3.05, 3.63) is 46.1 Å². The zero-order valence-corrected chi connectivity index (χ0v) is 16.3. The molecule has 26 heavy (non-hydrogen) atoms. The fourth-order valence-corrected chi connectivity index (χ4v) is 6.21. The Morgan fingerprint density at radius 3 is 2.77 bits per heavy atom. The second kappa shape index (κ2) is 6.90. The first-order valence-corrected chi connectivity index (χ1v) is 11.7. The normalized spacial score (nSPS) is 20.9. The number of hydrogen-bond donors (Lipinski definition) is 1. The Hall–Kier alpha value is -1.51. The highest BCUT2D eigenvalue weighted by atomic mass is 35.5. The van der Waals surface area contributed by atoms with Gasteiger partial charge in [-0.25, -0.2) is 13.1 Å². The van der Waals surface area contributed by atoms with Gasteiger partial charge in [-0.05, 0) is 24.1 Å². The number of rotatable bonds is 4. The maximum Gasteiger partial charge on any atom is 0.229 e. The van der Waals surface area contributed by atoms with Gasteiger partial charge < -0.3 is 5.32 Å². The Kier molecular flexibility index (Phi) is 4.75. The van der Waals surface area contributed by atoms with Crippen molar-refractivity contribution < 1.29 is 13.2 Å². The molecule has 0 aliphatic carbocycles. The number of nitrogens with zero attached hydrogens (tertiary/aromatic N) is 2. The lowest BCUT2D eigenvalue weighted by atomic mass is 10.1. The van der Waals surface area contributed by atoms with Crippen molar-refractivity contribution in [2.24, 2.45) is 0 Å². The smallest absolute Gasteiger partial charge is 0.229 e. The molecule has 2 aromatic rings. The highest BCUT2D eigenvalue weighted by molar-refractivity contribution is 7.98. The molecule has 1 fully saturated rings. The Labute approximate surface area is 161 Å². The van der Waals surface area contributed by atoms with Crippen molar-refractivity contribution in [3.63, 3.8) is 0 Å². The summed E-state index contributed by atoms with van der Waals surface area (Å²) in [7, 11) is -3.03. The SMILES string of the molecule is O=C(Cc1ccc(Cl)cc1)Nc1c2c(nn1C1CCS(=O)(=O)C1)CSC2. The van der Waals surface area contributed by atoms with Crippen molar-refractivity contribution in [2.45, 2.75) is 30.4 Å². The molecule has 2 aliphatic heterocycles. The average Bonchev–Trinajstić information content (AvgIpc) is 3.25. The highest BCUT2D eigenvalue weighted by Crippen LogP contribution is 2.38. The van der Waals surface area contributed by atoms with Crippen molar-refractivity contribution in [1.82, 2.24) is 9.78 Å². The van der Waals surface area contributed by atoms with E-state index in [0.717, 1.165) is 28.3 Å². The number of benzene rings is 1. The molecular weight excluding hydrogens is 394 g/mol. The lowest BCUT2D eigenvalue weighted by Crippen LogP contribution is -2.21. The van der Waals surface area contributed by atoms with Crippen LogP contribution in [0.15, 0.2) is 24.3 Å². The van der Waals surface area contributed by atoms with Crippen LogP contribution in [0.3, 0.4) is 0 Å². The molecule has 0 bridgehead atoms. The Morgan fingerprint density at radius 2 is 2.08 bits per heavy atom. The van der Waals surface area contributed by atoms with Crippen molar-refractivity contribution >= 4 is 44.9 Å². The topological polar surface area (TPSA) is 81.1 Å². The Balaban J connectivity index is 1.57. The van der Waals surface area contributed by atoms with Gasteiger partial charge in [0.1, 0.15) is 5.82 Å². The summed E-state index contributed by atoms with van der Waals surface area (Å²) in [5, 5.41) is 8.22. The second-order valence-corrected chi connectivity index (χ2v) is 10.3. The Morgan fingerprint density at radius 1 is 1.31 bits per heavy atom. The summed E-state index contributed by atoms with van der Waals surface area (Å²) in [5.74, 6) is 2.35. The molecule has 9 heteroatoms. The number of carbonyl (C=O) groups excluding carboxylic acids is 1. The van der Waals surface area contributed by atoms with E-state index < -0.39 is 9.84 Å². The third-order valence-corrected chi connectivity index (χ3v) is 7.64. The maximum absolute atomic E-state index is 12.5. The fourth-order valence-electron chi connectivity index (χ4n) is 3.36. The first-order chi connectivity index (χ1) is 12.4. The van der Waals surface area contributed by atoms with Gasteiger partial charge in [0.15, 0.2) is 9.84 Å². The first kappa shape index (κ1) is 17.9. The van der Waals surface area contributed by atoms with E-state index in [2.05, 4.69) is 10.4 Å². The van der Waals surface area contributed by atoms with Gasteiger partial charge in [-0.15, -0.1) is 0 Å². The van der Waals surface area contributed by atoms with Crippen LogP contribution in [-0.2, 0) is 32.6 Å². The third kappa shape index (κ3) is 3.63. The molecule has 1 N–H and O–H groups in total. The summed E-state index contributed by atoms with van der Waals surface area (Å²) in [6.07, 6.45) is 0.767. The van der Waals surface area contributed by atoms with Gasteiger partial charge in [-0.2, -0.15) is 16.9 Å². The molecule has 1 aromatic heterocycles. The molecule has 1 unspecified atom stereocenters. The minimum atomic E-state index is -3.03. The van der Waals surface area contributed by atoms with Crippen LogP contribution < -0.4 is 5.32 Å². The van der Waals surface area contributed by atoms with E-state index >= 15 is 0 Å². The summed E-state index contributed by atoms with van der Waals surface area (Å²) in [5.41, 5.74) is 2.83. The van der Waals surface area contributed by atoms with Crippen LogP contribution in [0.1, 0.15) is 29.3 Å². The predicted molar refractivity (Wildman–Crippen MR) is 103 cm³/mol. The van der Waals surface area contributed by atoms with E-state index in [1.165, 1.54) is 0 Å². The van der Waals surface area contributed by atoms with E-state index in [1.54, 1.807) is 28.6 Å². The van der Waals surface area contributed by atoms with Gasteiger partial charge in [0.05, 0.1) is 29.7 Å². The monoisotopic (exact) mass is 411 g/mol. The van der Waals surface area contributed by atoms with Crippen molar-refractivity contribution in [2.75, 3.05) is 16.8 Å². The minimum Gasteiger partial charge on any atom is -0.310 e. The number of thioether (sulfide) groups is 1. The molecule has 6 nitrogen and oxygen atoms in total. The van der Waals surface area contributed by atoms with E-state index in [-0.39, 0.29) is 29.9 Å². The van der Waals surface area contributed by atoms with Gasteiger partial charge in [0, 0.05) is 22.1 Å². The molecule has 2 aliphatic rings. The van der Waals surface area contributed by atoms with Crippen molar-refractivity contribution in [3.8, 4) is 0 Å². The molecule has 1 amide bonds. The minimum absolute atomic E-state index is 0.0841. The van der Waals surface area contributed by atoms with Gasteiger partial charge >= 0.3 is 0 Å². The lowest BCUT2D eigenvalue weighted by Gasteiger charge is -2.15. The van der Waals surface area contributed by atoms with E-state index in [0.29, 0.717) is 17.3 Å². The van der Waals surface area contributed by atoms with Gasteiger partial charge in [-0.3, -0.25) is 4.79 Å². The Bertz CT molecular complexity index is 954.